The molecule has 6 rings (SSSR count). The molecule has 3 aliphatic rings. The van der Waals surface area contributed by atoms with E-state index in [1.54, 1.807) is 22.2 Å². The standard InChI is InChI=1S/C23H18ClF2N5O3/c24-15-4-1-5-17-19(15)30(10-13-3-2-8-33-13)23(32)20-18(27-11-31(17)20)22-28-21(29-34-22)14-7-6-12(25)9-16(14)26/h1,4-7,9,11,13,18,20H,2-3,8,10H2. The summed E-state index contributed by atoms with van der Waals surface area (Å²) in [4.78, 5) is 25.9. The Hall–Kier alpha value is -3.37. The molecule has 1 saturated heterocycles. The van der Waals surface area contributed by atoms with Crippen LogP contribution in [0.2, 0.25) is 5.02 Å². The van der Waals surface area contributed by atoms with Gasteiger partial charge < -0.3 is 19.1 Å². The molecule has 8 nitrogen and oxygen atoms in total. The number of carbonyl (C=O) groups excluding carboxylic acids is 1. The Bertz CT molecular complexity index is 1310. The molecular weight excluding hydrogens is 468 g/mol. The minimum Gasteiger partial charge on any atom is -0.376 e. The van der Waals surface area contributed by atoms with Gasteiger partial charge in [-0.2, -0.15) is 4.98 Å². The number of aromatic nitrogens is 2. The van der Waals surface area contributed by atoms with Crippen LogP contribution in [0.15, 0.2) is 45.9 Å². The largest absolute Gasteiger partial charge is 0.376 e. The third-order valence-electron chi connectivity index (χ3n) is 6.26. The third-order valence-corrected chi connectivity index (χ3v) is 6.57. The molecule has 1 amide bonds. The van der Waals surface area contributed by atoms with Crippen molar-refractivity contribution in [3.05, 3.63) is 58.9 Å². The molecule has 3 unspecified atom stereocenters. The van der Waals surface area contributed by atoms with Gasteiger partial charge in [-0.15, -0.1) is 0 Å². The van der Waals surface area contributed by atoms with Crippen molar-refractivity contribution < 1.29 is 22.8 Å². The van der Waals surface area contributed by atoms with Crippen LogP contribution < -0.4 is 9.80 Å². The van der Waals surface area contributed by atoms with Crippen LogP contribution in [-0.2, 0) is 9.53 Å². The van der Waals surface area contributed by atoms with Crippen molar-refractivity contribution in [2.24, 2.45) is 4.99 Å². The highest BCUT2D eigenvalue weighted by molar-refractivity contribution is 6.35. The van der Waals surface area contributed by atoms with E-state index in [2.05, 4.69) is 15.1 Å². The van der Waals surface area contributed by atoms with Crippen molar-refractivity contribution in [3.8, 4) is 11.4 Å². The van der Waals surface area contributed by atoms with Gasteiger partial charge in [0.1, 0.15) is 17.7 Å². The smallest absolute Gasteiger partial charge is 0.254 e. The first kappa shape index (κ1) is 21.2. The number of hydrogen-bond acceptors (Lipinski definition) is 7. The van der Waals surface area contributed by atoms with E-state index in [0.717, 1.165) is 30.7 Å². The van der Waals surface area contributed by atoms with Crippen molar-refractivity contribution in [1.29, 1.82) is 0 Å². The molecular formula is C23H18ClF2N5O3. The fourth-order valence-corrected chi connectivity index (χ4v) is 4.94. The van der Waals surface area contributed by atoms with E-state index < -0.39 is 23.7 Å². The predicted molar refractivity (Wildman–Crippen MR) is 120 cm³/mol. The number of carbonyl (C=O) groups is 1. The molecule has 0 radical (unpaired) electrons. The molecule has 0 spiro atoms. The van der Waals surface area contributed by atoms with Crippen molar-refractivity contribution in [2.75, 3.05) is 23.0 Å². The Morgan fingerprint density at radius 2 is 2.09 bits per heavy atom. The van der Waals surface area contributed by atoms with Gasteiger partial charge in [0.15, 0.2) is 6.04 Å². The lowest BCUT2D eigenvalue weighted by Crippen LogP contribution is -2.54. The summed E-state index contributed by atoms with van der Waals surface area (Å²) in [5.41, 5.74) is 1.32. The van der Waals surface area contributed by atoms with Crippen LogP contribution >= 0.6 is 11.6 Å². The fourth-order valence-electron chi connectivity index (χ4n) is 4.67. The van der Waals surface area contributed by atoms with Crippen molar-refractivity contribution >= 4 is 35.2 Å². The van der Waals surface area contributed by atoms with Gasteiger partial charge in [0, 0.05) is 12.7 Å². The monoisotopic (exact) mass is 485 g/mol. The second-order valence-corrected chi connectivity index (χ2v) is 8.74. The summed E-state index contributed by atoms with van der Waals surface area (Å²) in [6.07, 6.45) is 3.26. The van der Waals surface area contributed by atoms with E-state index in [-0.39, 0.29) is 29.3 Å². The summed E-state index contributed by atoms with van der Waals surface area (Å²) in [6, 6.07) is 6.91. The van der Waals surface area contributed by atoms with Gasteiger partial charge in [0.2, 0.25) is 5.82 Å². The molecule has 3 aliphatic heterocycles. The zero-order valence-corrected chi connectivity index (χ0v) is 18.5. The molecule has 0 bridgehead atoms. The average molecular weight is 486 g/mol. The minimum absolute atomic E-state index is 0.0117. The number of benzene rings is 2. The number of ether oxygens (including phenoxy) is 1. The third kappa shape index (κ3) is 3.36. The van der Waals surface area contributed by atoms with Crippen molar-refractivity contribution in [3.63, 3.8) is 0 Å². The predicted octanol–water partition coefficient (Wildman–Crippen LogP) is 4.15. The summed E-state index contributed by atoms with van der Waals surface area (Å²) in [5.74, 6) is -1.75. The molecule has 4 heterocycles. The summed E-state index contributed by atoms with van der Waals surface area (Å²) in [6.45, 7) is 1.02. The summed E-state index contributed by atoms with van der Waals surface area (Å²) >= 11 is 6.52. The normalized spacial score (nSPS) is 23.5. The second kappa shape index (κ2) is 8.14. The highest BCUT2D eigenvalue weighted by Crippen LogP contribution is 2.46. The highest BCUT2D eigenvalue weighted by Gasteiger charge is 2.49. The van der Waals surface area contributed by atoms with Crippen LogP contribution in [0.4, 0.5) is 20.2 Å². The quantitative estimate of drug-likeness (QED) is 0.552. The van der Waals surface area contributed by atoms with Gasteiger partial charge in [0.25, 0.3) is 11.8 Å². The Morgan fingerprint density at radius 1 is 1.21 bits per heavy atom. The van der Waals surface area contributed by atoms with Gasteiger partial charge in [-0.05, 0) is 37.1 Å². The molecule has 11 heteroatoms. The molecule has 0 saturated carbocycles. The van der Waals surface area contributed by atoms with E-state index in [4.69, 9.17) is 20.9 Å². The lowest BCUT2D eigenvalue weighted by Gasteiger charge is -2.40. The lowest BCUT2D eigenvalue weighted by atomic mass is 10.0. The molecule has 174 valence electrons. The second-order valence-electron chi connectivity index (χ2n) is 8.33. The Kier molecular flexibility index (Phi) is 5.07. The summed E-state index contributed by atoms with van der Waals surface area (Å²) in [7, 11) is 0. The molecule has 1 aromatic heterocycles. The van der Waals surface area contributed by atoms with Gasteiger partial charge in [-0.25, -0.2) is 8.78 Å². The van der Waals surface area contributed by atoms with Crippen LogP contribution in [0, 0.1) is 11.6 Å². The Morgan fingerprint density at radius 3 is 2.88 bits per heavy atom. The summed E-state index contributed by atoms with van der Waals surface area (Å²) in [5, 5.41) is 4.29. The number of aliphatic imine (C=N–C) groups is 1. The number of nitrogens with zero attached hydrogens (tertiary/aromatic N) is 5. The van der Waals surface area contributed by atoms with Gasteiger partial charge in [0.05, 0.1) is 40.9 Å². The fraction of sp³-hybridized carbons (Fsp3) is 0.304. The van der Waals surface area contributed by atoms with Crippen molar-refractivity contribution in [1.82, 2.24) is 10.1 Å². The maximum Gasteiger partial charge on any atom is 0.254 e. The molecule has 34 heavy (non-hydrogen) atoms. The number of para-hydroxylation sites is 1. The zero-order chi connectivity index (χ0) is 23.4. The van der Waals surface area contributed by atoms with E-state index in [1.165, 1.54) is 6.07 Å². The van der Waals surface area contributed by atoms with Gasteiger partial charge in [-0.3, -0.25) is 9.79 Å². The maximum absolute atomic E-state index is 14.2. The van der Waals surface area contributed by atoms with Gasteiger partial charge in [-0.1, -0.05) is 22.8 Å². The van der Waals surface area contributed by atoms with E-state index in [0.29, 0.717) is 23.9 Å². The SMILES string of the molecule is O=C1C2C(c3nc(-c4ccc(F)cc4F)no3)N=CN2c2cccc(Cl)c2N1CC1CCCO1. The summed E-state index contributed by atoms with van der Waals surface area (Å²) < 4.78 is 38.7. The maximum atomic E-state index is 14.2. The number of anilines is 2. The van der Waals surface area contributed by atoms with Crippen LogP contribution in [0.5, 0.6) is 0 Å². The Labute approximate surface area is 197 Å². The first-order chi connectivity index (χ1) is 16.5. The first-order valence-corrected chi connectivity index (χ1v) is 11.2. The lowest BCUT2D eigenvalue weighted by molar-refractivity contribution is -0.120. The van der Waals surface area contributed by atoms with Crippen LogP contribution in [0.3, 0.4) is 0 Å². The number of amides is 1. The molecule has 0 N–H and O–H groups in total. The molecule has 3 aromatic rings. The van der Waals surface area contributed by atoms with Crippen LogP contribution in [0.1, 0.15) is 24.8 Å². The van der Waals surface area contributed by atoms with Gasteiger partial charge >= 0.3 is 0 Å². The molecule has 2 aromatic carbocycles. The van der Waals surface area contributed by atoms with E-state index in [1.807, 2.05) is 12.1 Å². The number of fused-ring (bicyclic) bond motifs is 3. The topological polar surface area (TPSA) is 84.1 Å². The zero-order valence-electron chi connectivity index (χ0n) is 17.7. The highest BCUT2D eigenvalue weighted by atomic mass is 35.5. The van der Waals surface area contributed by atoms with Crippen LogP contribution in [0.25, 0.3) is 11.4 Å². The Balaban J connectivity index is 1.36. The van der Waals surface area contributed by atoms with Crippen molar-refractivity contribution in [2.45, 2.75) is 31.0 Å². The number of hydrogen-bond donors (Lipinski definition) is 0. The van der Waals surface area contributed by atoms with E-state index >= 15 is 0 Å². The minimum atomic E-state index is -0.816. The molecule has 3 atom stereocenters. The first-order valence-electron chi connectivity index (χ1n) is 10.8. The molecule has 0 aliphatic carbocycles. The average Bonchev–Trinajstić information content (AvgIpc) is 3.57. The van der Waals surface area contributed by atoms with E-state index in [9.17, 15) is 13.6 Å². The molecule has 1 fully saturated rings. The number of rotatable bonds is 4. The van der Waals surface area contributed by atoms with Crippen LogP contribution in [-0.4, -0.2) is 47.7 Å². The number of halogens is 3.